The molecule has 15 heavy (non-hydrogen) atoms. The summed E-state index contributed by atoms with van der Waals surface area (Å²) in [6.45, 7) is 0. The first kappa shape index (κ1) is 10.2. The minimum Gasteiger partial charge on any atom is -0.255 e. The Bertz CT molecular complexity index is 485. The normalized spacial score (nSPS) is 10.3. The molecule has 5 heteroatoms. The summed E-state index contributed by atoms with van der Waals surface area (Å²) in [6.07, 6.45) is 1.54. The Balaban J connectivity index is 2.49. The topological polar surface area (TPSA) is 25.8 Å². The Kier molecular flexibility index (Phi) is 2.73. The summed E-state index contributed by atoms with van der Waals surface area (Å²) in [4.78, 5) is 7.08. The van der Waals surface area contributed by atoms with E-state index in [2.05, 4.69) is 25.9 Å². The van der Waals surface area contributed by atoms with Crippen molar-refractivity contribution in [2.45, 2.75) is 0 Å². The Labute approximate surface area is 93.1 Å². The highest BCUT2D eigenvalue weighted by Gasteiger charge is 2.08. The van der Waals surface area contributed by atoms with Crippen molar-refractivity contribution in [3.63, 3.8) is 0 Å². The zero-order chi connectivity index (χ0) is 10.8. The van der Waals surface area contributed by atoms with Crippen molar-refractivity contribution in [1.82, 2.24) is 9.97 Å². The van der Waals surface area contributed by atoms with Crippen LogP contribution >= 0.6 is 15.9 Å². The summed E-state index contributed by atoms with van der Waals surface area (Å²) in [6, 6.07) is 5.77. The molecule has 0 amide bonds. The molecule has 0 bridgehead atoms. The van der Waals surface area contributed by atoms with E-state index in [-0.39, 0.29) is 5.56 Å². The van der Waals surface area contributed by atoms with Crippen molar-refractivity contribution < 1.29 is 8.78 Å². The van der Waals surface area contributed by atoms with Crippen molar-refractivity contribution in [2.24, 2.45) is 0 Å². The van der Waals surface area contributed by atoms with Gasteiger partial charge in [-0.1, -0.05) is 0 Å². The van der Waals surface area contributed by atoms with E-state index >= 15 is 0 Å². The lowest BCUT2D eigenvalue weighted by atomic mass is 10.2. The molecule has 0 unspecified atom stereocenters. The molecule has 0 atom stereocenters. The number of hydrogen-bond acceptors (Lipinski definition) is 2. The number of halogens is 3. The highest BCUT2D eigenvalue weighted by Crippen LogP contribution is 2.20. The van der Waals surface area contributed by atoms with E-state index in [0.717, 1.165) is 10.5 Å². The van der Waals surface area contributed by atoms with Crippen LogP contribution in [-0.4, -0.2) is 9.97 Å². The van der Waals surface area contributed by atoms with Gasteiger partial charge in [-0.2, -0.15) is 13.8 Å². The van der Waals surface area contributed by atoms with Gasteiger partial charge < -0.3 is 0 Å². The van der Waals surface area contributed by atoms with Crippen LogP contribution in [0.25, 0.3) is 11.3 Å². The number of aromatic nitrogens is 2. The third-order valence-electron chi connectivity index (χ3n) is 1.82. The van der Waals surface area contributed by atoms with Crippen molar-refractivity contribution >= 4 is 15.9 Å². The number of hydrogen-bond donors (Lipinski definition) is 0. The first-order chi connectivity index (χ1) is 7.16. The molecule has 0 aromatic carbocycles. The van der Waals surface area contributed by atoms with E-state index in [9.17, 15) is 8.78 Å². The van der Waals surface area contributed by atoms with Crippen LogP contribution in [0.15, 0.2) is 34.9 Å². The Hall–Kier alpha value is -1.36. The molecule has 2 aromatic heterocycles. The molecule has 0 radical (unpaired) electrons. The molecule has 0 aliphatic heterocycles. The molecular formula is C10H5BrF2N2. The lowest BCUT2D eigenvalue weighted by Crippen LogP contribution is -1.93. The third-order valence-corrected chi connectivity index (χ3v) is 2.29. The minimum atomic E-state index is -0.857. The zero-order valence-electron chi connectivity index (χ0n) is 7.42. The van der Waals surface area contributed by atoms with Gasteiger partial charge in [0, 0.05) is 10.7 Å². The first-order valence-electron chi connectivity index (χ1n) is 4.11. The lowest BCUT2D eigenvalue weighted by Gasteiger charge is -2.01. The number of rotatable bonds is 1. The maximum absolute atomic E-state index is 13.2. The van der Waals surface area contributed by atoms with Crippen LogP contribution in [0.4, 0.5) is 8.78 Å². The van der Waals surface area contributed by atoms with Gasteiger partial charge in [0.2, 0.25) is 11.9 Å². The van der Waals surface area contributed by atoms with E-state index in [4.69, 9.17) is 0 Å². The van der Waals surface area contributed by atoms with Gasteiger partial charge in [0.1, 0.15) is 0 Å². The molecular weight excluding hydrogens is 266 g/mol. The monoisotopic (exact) mass is 270 g/mol. The van der Waals surface area contributed by atoms with E-state index in [1.54, 1.807) is 12.1 Å². The molecule has 0 fully saturated rings. The summed E-state index contributed by atoms with van der Waals surface area (Å²) in [5.41, 5.74) is 0.604. The molecule has 2 nitrogen and oxygen atoms in total. The van der Waals surface area contributed by atoms with E-state index in [1.165, 1.54) is 12.3 Å². The van der Waals surface area contributed by atoms with Crippen LogP contribution in [-0.2, 0) is 0 Å². The highest BCUT2D eigenvalue weighted by molar-refractivity contribution is 9.10. The van der Waals surface area contributed by atoms with Gasteiger partial charge in [0.05, 0.1) is 11.3 Å². The summed E-state index contributed by atoms with van der Waals surface area (Å²) < 4.78 is 26.6. The van der Waals surface area contributed by atoms with Crippen LogP contribution in [0.5, 0.6) is 0 Å². The quantitative estimate of drug-likeness (QED) is 0.744. The van der Waals surface area contributed by atoms with Crippen LogP contribution in [0.1, 0.15) is 0 Å². The molecule has 0 aliphatic rings. The van der Waals surface area contributed by atoms with E-state index < -0.39 is 11.9 Å². The predicted octanol–water partition coefficient (Wildman–Crippen LogP) is 3.18. The Morgan fingerprint density at radius 2 is 1.87 bits per heavy atom. The average molecular weight is 271 g/mol. The Morgan fingerprint density at radius 3 is 2.47 bits per heavy atom. The van der Waals surface area contributed by atoms with Crippen molar-refractivity contribution in [1.29, 1.82) is 0 Å². The summed E-state index contributed by atoms with van der Waals surface area (Å²) in [5, 5.41) is 0. The van der Waals surface area contributed by atoms with Crippen molar-refractivity contribution in [2.75, 3.05) is 0 Å². The summed E-state index contributed by atoms with van der Waals surface area (Å²) in [5.74, 6) is -1.70. The molecule has 2 heterocycles. The maximum Gasteiger partial charge on any atom is 0.224 e. The smallest absolute Gasteiger partial charge is 0.224 e. The molecule has 0 aliphatic carbocycles. The summed E-state index contributed by atoms with van der Waals surface area (Å²) in [7, 11) is 0. The second-order valence-corrected chi connectivity index (χ2v) is 3.75. The van der Waals surface area contributed by atoms with Gasteiger partial charge in [0.25, 0.3) is 0 Å². The van der Waals surface area contributed by atoms with Gasteiger partial charge in [-0.05, 0) is 40.2 Å². The fraction of sp³-hybridized carbons (Fsp3) is 0. The minimum absolute atomic E-state index is 0.184. The zero-order valence-corrected chi connectivity index (χ0v) is 9.00. The van der Waals surface area contributed by atoms with E-state index in [0.29, 0.717) is 5.69 Å². The molecule has 0 saturated heterocycles. The van der Waals surface area contributed by atoms with Gasteiger partial charge in [-0.15, -0.1) is 0 Å². The van der Waals surface area contributed by atoms with Gasteiger partial charge in [-0.3, -0.25) is 4.98 Å². The summed E-state index contributed by atoms with van der Waals surface area (Å²) >= 11 is 3.22. The molecule has 76 valence electrons. The van der Waals surface area contributed by atoms with Gasteiger partial charge >= 0.3 is 0 Å². The second kappa shape index (κ2) is 4.02. The standard InChI is InChI=1S/C10H5BrF2N2/c11-6-1-3-8(14-5-6)7-2-4-9(12)15-10(7)13/h1-5H. The van der Waals surface area contributed by atoms with Gasteiger partial charge in [-0.25, -0.2) is 0 Å². The molecule has 2 aromatic rings. The fourth-order valence-corrected chi connectivity index (χ4v) is 1.37. The van der Waals surface area contributed by atoms with Crippen molar-refractivity contribution in [3.8, 4) is 11.3 Å². The number of pyridine rings is 2. The third kappa shape index (κ3) is 2.18. The van der Waals surface area contributed by atoms with Crippen molar-refractivity contribution in [3.05, 3.63) is 46.8 Å². The van der Waals surface area contributed by atoms with Crippen LogP contribution in [0.3, 0.4) is 0 Å². The predicted molar refractivity (Wildman–Crippen MR) is 55.1 cm³/mol. The van der Waals surface area contributed by atoms with Crippen LogP contribution in [0, 0.1) is 11.9 Å². The molecule has 0 spiro atoms. The lowest BCUT2D eigenvalue weighted by molar-refractivity contribution is 0.515. The average Bonchev–Trinajstić information content (AvgIpc) is 2.20. The van der Waals surface area contributed by atoms with Gasteiger partial charge in [0.15, 0.2) is 0 Å². The maximum atomic E-state index is 13.2. The number of nitrogens with zero attached hydrogens (tertiary/aromatic N) is 2. The molecule has 0 N–H and O–H groups in total. The van der Waals surface area contributed by atoms with Crippen LogP contribution in [0.2, 0.25) is 0 Å². The largest absolute Gasteiger partial charge is 0.255 e. The second-order valence-electron chi connectivity index (χ2n) is 2.83. The molecule has 0 saturated carbocycles. The van der Waals surface area contributed by atoms with Crippen LogP contribution < -0.4 is 0 Å². The first-order valence-corrected chi connectivity index (χ1v) is 4.90. The SMILES string of the molecule is Fc1ccc(-c2ccc(Br)cn2)c(F)n1. The highest BCUT2D eigenvalue weighted by atomic mass is 79.9. The van der Waals surface area contributed by atoms with E-state index in [1.807, 2.05) is 0 Å². The Morgan fingerprint density at radius 1 is 1.07 bits per heavy atom. The fourth-order valence-electron chi connectivity index (χ4n) is 1.14. The molecule has 2 rings (SSSR count).